The highest BCUT2D eigenvalue weighted by Crippen LogP contribution is 2.33. The van der Waals surface area contributed by atoms with Crippen LogP contribution in [0.2, 0.25) is 0 Å². The van der Waals surface area contributed by atoms with E-state index in [0.29, 0.717) is 6.61 Å². The Hall–Kier alpha value is -0.610. The Kier molecular flexibility index (Phi) is 3.82. The smallest absolute Gasteiger partial charge is 0.145 e. The fourth-order valence-electron chi connectivity index (χ4n) is 1.47. The molecular weight excluding hydrogens is 334 g/mol. The average molecular weight is 345 g/mol. The van der Waals surface area contributed by atoms with E-state index < -0.39 is 0 Å². The fraction of sp³-hybridized carbons (Fsp3) is 0.250. The monoisotopic (exact) mass is 343 g/mol. The van der Waals surface area contributed by atoms with Crippen LogP contribution in [0.1, 0.15) is 13.3 Å². The first-order valence-electron chi connectivity index (χ1n) is 5.09. The van der Waals surface area contributed by atoms with E-state index in [1.54, 1.807) is 6.20 Å². The lowest BCUT2D eigenvalue weighted by atomic mass is 10.2. The molecule has 0 aliphatic carbocycles. The van der Waals surface area contributed by atoms with Crippen LogP contribution in [0.4, 0.5) is 0 Å². The van der Waals surface area contributed by atoms with Crippen LogP contribution < -0.4 is 4.74 Å². The second kappa shape index (κ2) is 5.15. The van der Waals surface area contributed by atoms with Gasteiger partial charge in [0.05, 0.1) is 11.1 Å². The maximum atomic E-state index is 5.66. The van der Waals surface area contributed by atoms with Crippen molar-refractivity contribution in [2.75, 3.05) is 6.61 Å². The van der Waals surface area contributed by atoms with Crippen LogP contribution in [-0.2, 0) is 0 Å². The molecule has 2 aromatic rings. The fourth-order valence-corrected chi connectivity index (χ4v) is 2.21. The molecule has 2 rings (SSSR count). The second-order valence-electron chi connectivity index (χ2n) is 3.42. The van der Waals surface area contributed by atoms with Gasteiger partial charge in [0.15, 0.2) is 0 Å². The quantitative estimate of drug-likeness (QED) is 0.814. The molecule has 0 saturated carbocycles. The summed E-state index contributed by atoms with van der Waals surface area (Å²) in [7, 11) is 0. The maximum absolute atomic E-state index is 5.66. The van der Waals surface area contributed by atoms with E-state index in [-0.39, 0.29) is 0 Å². The minimum absolute atomic E-state index is 0.717. The van der Waals surface area contributed by atoms with Crippen LogP contribution in [0.25, 0.3) is 10.9 Å². The number of rotatable bonds is 3. The highest BCUT2D eigenvalue weighted by Gasteiger charge is 2.08. The van der Waals surface area contributed by atoms with Crippen LogP contribution in [0, 0.1) is 0 Å². The number of benzene rings is 1. The molecule has 0 amide bonds. The Balaban J connectivity index is 2.56. The zero-order valence-electron chi connectivity index (χ0n) is 8.84. The predicted octanol–water partition coefficient (Wildman–Crippen LogP) is 4.55. The zero-order valence-corrected chi connectivity index (χ0v) is 12.0. The predicted molar refractivity (Wildman–Crippen MR) is 72.9 cm³/mol. The van der Waals surface area contributed by atoms with Gasteiger partial charge < -0.3 is 4.74 Å². The topological polar surface area (TPSA) is 22.1 Å². The first kappa shape index (κ1) is 11.9. The van der Waals surface area contributed by atoms with Gasteiger partial charge in [-0.15, -0.1) is 0 Å². The Morgan fingerprint density at radius 2 is 2.12 bits per heavy atom. The summed E-state index contributed by atoms with van der Waals surface area (Å²) in [5.41, 5.74) is 0.894. The average Bonchev–Trinajstić information content (AvgIpc) is 2.31. The van der Waals surface area contributed by atoms with Gasteiger partial charge in [0, 0.05) is 16.1 Å². The highest BCUT2D eigenvalue weighted by molar-refractivity contribution is 9.13. The number of para-hydroxylation sites is 1. The molecule has 0 bridgehead atoms. The molecule has 0 radical (unpaired) electrons. The second-order valence-corrected chi connectivity index (χ2v) is 5.07. The van der Waals surface area contributed by atoms with Crippen molar-refractivity contribution in [3.8, 4) is 5.75 Å². The lowest BCUT2D eigenvalue weighted by Gasteiger charge is -2.09. The molecule has 0 fully saturated rings. The van der Waals surface area contributed by atoms with Crippen LogP contribution in [0.15, 0.2) is 33.3 Å². The van der Waals surface area contributed by atoms with E-state index in [1.165, 1.54) is 0 Å². The van der Waals surface area contributed by atoms with E-state index >= 15 is 0 Å². The van der Waals surface area contributed by atoms with Crippen molar-refractivity contribution in [1.82, 2.24) is 4.98 Å². The summed E-state index contributed by atoms with van der Waals surface area (Å²) in [5, 5.41) is 1.06. The summed E-state index contributed by atoms with van der Waals surface area (Å²) in [5.74, 6) is 0.840. The molecule has 0 N–H and O–H groups in total. The van der Waals surface area contributed by atoms with Gasteiger partial charge in [0.25, 0.3) is 0 Å². The summed E-state index contributed by atoms with van der Waals surface area (Å²) in [6.07, 6.45) is 2.78. The lowest BCUT2D eigenvalue weighted by Crippen LogP contribution is -1.96. The number of ether oxygens (including phenoxy) is 1. The Morgan fingerprint density at radius 1 is 1.31 bits per heavy atom. The van der Waals surface area contributed by atoms with E-state index in [0.717, 1.165) is 32.0 Å². The molecule has 84 valence electrons. The van der Waals surface area contributed by atoms with Crippen LogP contribution >= 0.6 is 31.9 Å². The van der Waals surface area contributed by atoms with E-state index in [9.17, 15) is 0 Å². The number of fused-ring (bicyclic) bond motifs is 1. The molecular formula is C12H11Br2NO. The van der Waals surface area contributed by atoms with Crippen molar-refractivity contribution in [1.29, 1.82) is 0 Å². The van der Waals surface area contributed by atoms with Crippen molar-refractivity contribution in [2.45, 2.75) is 13.3 Å². The van der Waals surface area contributed by atoms with Crippen molar-refractivity contribution >= 4 is 42.8 Å². The maximum Gasteiger partial charge on any atom is 0.145 e. The number of aromatic nitrogens is 1. The Bertz CT molecular complexity index is 514. The number of pyridine rings is 1. The van der Waals surface area contributed by atoms with Gasteiger partial charge in [-0.2, -0.15) is 0 Å². The molecule has 0 unspecified atom stereocenters. The molecule has 0 atom stereocenters. The summed E-state index contributed by atoms with van der Waals surface area (Å²) in [6, 6.07) is 5.95. The normalized spacial score (nSPS) is 10.7. The van der Waals surface area contributed by atoms with Crippen LogP contribution in [-0.4, -0.2) is 11.6 Å². The van der Waals surface area contributed by atoms with Gasteiger partial charge in [-0.3, -0.25) is 4.98 Å². The highest BCUT2D eigenvalue weighted by atomic mass is 79.9. The van der Waals surface area contributed by atoms with Crippen LogP contribution in [0.5, 0.6) is 5.75 Å². The molecule has 16 heavy (non-hydrogen) atoms. The molecule has 0 saturated heterocycles. The van der Waals surface area contributed by atoms with Gasteiger partial charge in [0.2, 0.25) is 0 Å². The standard InChI is InChI=1S/C12H11Br2NO/c1-2-6-16-10-5-3-4-8-11(14)9(13)7-15-12(8)10/h3-5,7H,2,6H2,1H3. The molecule has 1 aromatic carbocycles. The molecule has 0 aliphatic rings. The molecule has 2 nitrogen and oxygen atoms in total. The summed E-state index contributed by atoms with van der Waals surface area (Å²) in [4.78, 5) is 4.39. The van der Waals surface area contributed by atoms with Crippen molar-refractivity contribution < 1.29 is 4.74 Å². The minimum Gasteiger partial charge on any atom is -0.491 e. The summed E-state index contributed by atoms with van der Waals surface area (Å²) in [6.45, 7) is 2.81. The third-order valence-corrected chi connectivity index (χ3v) is 4.20. The Labute approximate surface area is 111 Å². The molecule has 1 heterocycles. The largest absolute Gasteiger partial charge is 0.491 e. The van der Waals surface area contributed by atoms with Gasteiger partial charge in [-0.25, -0.2) is 0 Å². The van der Waals surface area contributed by atoms with Gasteiger partial charge >= 0.3 is 0 Å². The zero-order chi connectivity index (χ0) is 11.5. The first-order valence-corrected chi connectivity index (χ1v) is 6.68. The first-order chi connectivity index (χ1) is 7.74. The third-order valence-electron chi connectivity index (χ3n) is 2.21. The minimum atomic E-state index is 0.717. The van der Waals surface area contributed by atoms with Crippen molar-refractivity contribution in [3.63, 3.8) is 0 Å². The summed E-state index contributed by atoms with van der Waals surface area (Å²) < 4.78 is 7.63. The lowest BCUT2D eigenvalue weighted by molar-refractivity contribution is 0.320. The molecule has 0 aliphatic heterocycles. The number of hydrogen-bond acceptors (Lipinski definition) is 2. The number of hydrogen-bond donors (Lipinski definition) is 0. The third kappa shape index (κ3) is 2.23. The van der Waals surface area contributed by atoms with Gasteiger partial charge in [-0.1, -0.05) is 19.1 Å². The molecule has 0 spiro atoms. The van der Waals surface area contributed by atoms with Gasteiger partial charge in [0.1, 0.15) is 11.3 Å². The van der Waals surface area contributed by atoms with Crippen molar-refractivity contribution in [3.05, 3.63) is 33.3 Å². The van der Waals surface area contributed by atoms with Gasteiger partial charge in [-0.05, 0) is 44.3 Å². The SMILES string of the molecule is CCCOc1cccc2c(Br)c(Br)cnc12. The van der Waals surface area contributed by atoms with E-state index in [1.807, 2.05) is 18.2 Å². The molecule has 4 heteroatoms. The van der Waals surface area contributed by atoms with Crippen LogP contribution in [0.3, 0.4) is 0 Å². The number of halogens is 2. The number of nitrogens with zero attached hydrogens (tertiary/aromatic N) is 1. The molecule has 1 aromatic heterocycles. The van der Waals surface area contributed by atoms with E-state index in [2.05, 4.69) is 43.8 Å². The van der Waals surface area contributed by atoms with E-state index in [4.69, 9.17) is 4.74 Å². The summed E-state index contributed by atoms with van der Waals surface area (Å²) >= 11 is 6.98. The Morgan fingerprint density at radius 3 is 2.88 bits per heavy atom. The van der Waals surface area contributed by atoms with Crippen molar-refractivity contribution in [2.24, 2.45) is 0 Å².